The molecular formula is C16H25N3O2S. The molecule has 2 heterocycles. The number of aryl methyl sites for hydroxylation is 2. The van der Waals surface area contributed by atoms with Crippen LogP contribution in [-0.2, 0) is 24.2 Å². The maximum absolute atomic E-state index is 12.6. The van der Waals surface area contributed by atoms with Gasteiger partial charge in [-0.2, -0.15) is 0 Å². The third-order valence-electron chi connectivity index (χ3n) is 4.74. The molecular weight excluding hydrogens is 298 g/mol. The van der Waals surface area contributed by atoms with Gasteiger partial charge in [0.2, 0.25) is 5.91 Å². The number of rotatable bonds is 3. The number of amides is 1. The van der Waals surface area contributed by atoms with Crippen molar-refractivity contribution in [1.82, 2.24) is 14.8 Å². The zero-order valence-corrected chi connectivity index (χ0v) is 14.2. The van der Waals surface area contributed by atoms with Crippen molar-refractivity contribution in [2.75, 3.05) is 27.2 Å². The molecule has 2 atom stereocenters. The molecule has 0 unspecified atom stereocenters. The predicted molar refractivity (Wildman–Crippen MR) is 86.8 cm³/mol. The van der Waals surface area contributed by atoms with E-state index in [1.807, 2.05) is 14.1 Å². The molecule has 1 aliphatic carbocycles. The fraction of sp³-hybridized carbons (Fsp3) is 0.750. The van der Waals surface area contributed by atoms with Crippen LogP contribution in [0.2, 0.25) is 0 Å². The molecule has 0 spiro atoms. The molecule has 0 aromatic carbocycles. The lowest BCUT2D eigenvalue weighted by molar-refractivity contribution is -0.141. The van der Waals surface area contributed by atoms with Gasteiger partial charge in [0.1, 0.15) is 5.01 Å². The Morgan fingerprint density at radius 2 is 2.23 bits per heavy atom. The highest BCUT2D eigenvalue weighted by molar-refractivity contribution is 7.11. The minimum atomic E-state index is -0.518. The van der Waals surface area contributed by atoms with E-state index in [-0.39, 0.29) is 11.8 Å². The van der Waals surface area contributed by atoms with Crippen LogP contribution in [0.25, 0.3) is 0 Å². The van der Waals surface area contributed by atoms with Gasteiger partial charge in [0.05, 0.1) is 24.3 Å². The molecule has 1 aromatic rings. The van der Waals surface area contributed by atoms with Crippen LogP contribution in [0.4, 0.5) is 0 Å². The Bertz CT molecular complexity index is 522. The summed E-state index contributed by atoms with van der Waals surface area (Å²) >= 11 is 1.75. The lowest BCUT2D eigenvalue weighted by Gasteiger charge is -2.34. The molecule has 1 fully saturated rings. The molecule has 1 N–H and O–H groups in total. The first-order valence-corrected chi connectivity index (χ1v) is 8.95. The number of piperidine rings is 1. The summed E-state index contributed by atoms with van der Waals surface area (Å²) in [6, 6.07) is 0. The summed E-state index contributed by atoms with van der Waals surface area (Å²) in [4.78, 5) is 22.6. The van der Waals surface area contributed by atoms with Gasteiger partial charge >= 0.3 is 0 Å². The number of hydrogen-bond donors (Lipinski definition) is 1. The smallest absolute Gasteiger partial charge is 0.229 e. The second-order valence-electron chi connectivity index (χ2n) is 6.60. The van der Waals surface area contributed by atoms with Gasteiger partial charge in [0.15, 0.2) is 0 Å². The Morgan fingerprint density at radius 3 is 3.00 bits per heavy atom. The second-order valence-corrected chi connectivity index (χ2v) is 7.77. The number of hydrogen-bond acceptors (Lipinski definition) is 5. The molecule has 6 heteroatoms. The van der Waals surface area contributed by atoms with Crippen LogP contribution < -0.4 is 0 Å². The van der Waals surface area contributed by atoms with Gasteiger partial charge in [-0.3, -0.25) is 4.79 Å². The summed E-state index contributed by atoms with van der Waals surface area (Å²) in [5.74, 6) is -0.273. The number of aromatic nitrogens is 1. The van der Waals surface area contributed by atoms with Crippen molar-refractivity contribution >= 4 is 17.2 Å². The number of aliphatic hydroxyl groups is 1. The number of thiazole rings is 1. The van der Waals surface area contributed by atoms with Gasteiger partial charge in [-0.1, -0.05) is 0 Å². The maximum Gasteiger partial charge on any atom is 0.229 e. The number of aliphatic hydroxyl groups excluding tert-OH is 1. The van der Waals surface area contributed by atoms with E-state index >= 15 is 0 Å². The molecule has 0 saturated carbocycles. The van der Waals surface area contributed by atoms with E-state index in [4.69, 9.17) is 4.98 Å². The van der Waals surface area contributed by atoms with Gasteiger partial charge in [-0.25, -0.2) is 4.98 Å². The quantitative estimate of drug-likeness (QED) is 0.911. The Balaban J connectivity index is 1.64. The molecule has 1 aliphatic heterocycles. The van der Waals surface area contributed by atoms with E-state index < -0.39 is 6.10 Å². The molecule has 122 valence electrons. The molecule has 2 aliphatic rings. The van der Waals surface area contributed by atoms with E-state index in [1.54, 1.807) is 16.2 Å². The second kappa shape index (κ2) is 6.64. The van der Waals surface area contributed by atoms with Crippen LogP contribution in [0.1, 0.15) is 34.8 Å². The number of carbonyl (C=O) groups is 1. The first-order valence-electron chi connectivity index (χ1n) is 8.13. The minimum absolute atomic E-state index is 0.0345. The zero-order valence-electron chi connectivity index (χ0n) is 13.4. The minimum Gasteiger partial charge on any atom is -0.392 e. The summed E-state index contributed by atoms with van der Waals surface area (Å²) in [6.45, 7) is 2.05. The molecule has 1 aromatic heterocycles. The average molecular weight is 323 g/mol. The third kappa shape index (κ3) is 3.34. The van der Waals surface area contributed by atoms with Crippen LogP contribution in [0.5, 0.6) is 0 Å². The summed E-state index contributed by atoms with van der Waals surface area (Å²) in [6.07, 6.45) is 4.85. The van der Waals surface area contributed by atoms with E-state index in [0.717, 1.165) is 24.4 Å². The molecule has 0 bridgehead atoms. The number of likely N-dealkylation sites (tertiary alicyclic amines) is 1. The summed E-state index contributed by atoms with van der Waals surface area (Å²) in [5, 5.41) is 11.1. The van der Waals surface area contributed by atoms with Crippen LogP contribution in [0.3, 0.4) is 0 Å². The maximum atomic E-state index is 12.6. The van der Waals surface area contributed by atoms with E-state index in [2.05, 4.69) is 4.90 Å². The number of carbonyl (C=O) groups excluding carboxylic acids is 1. The van der Waals surface area contributed by atoms with Gasteiger partial charge in [-0.05, 0) is 39.2 Å². The lowest BCUT2D eigenvalue weighted by atomic mass is 9.94. The molecule has 22 heavy (non-hydrogen) atoms. The van der Waals surface area contributed by atoms with E-state index in [0.29, 0.717) is 19.5 Å². The van der Waals surface area contributed by atoms with Gasteiger partial charge < -0.3 is 14.9 Å². The Morgan fingerprint density at radius 1 is 1.45 bits per heavy atom. The highest BCUT2D eigenvalue weighted by atomic mass is 32.1. The average Bonchev–Trinajstić information content (AvgIpc) is 2.91. The normalized spacial score (nSPS) is 25.8. The molecule has 5 nitrogen and oxygen atoms in total. The molecule has 1 amide bonds. The highest BCUT2D eigenvalue weighted by Gasteiger charge is 2.33. The van der Waals surface area contributed by atoms with Gasteiger partial charge in [-0.15, -0.1) is 11.3 Å². The zero-order chi connectivity index (χ0) is 15.7. The standard InChI is InChI=1S/C16H25N3O2S/c1-18-8-7-13(20)11(9-18)16(21)19(2)10-15-17-12-5-3-4-6-14(12)22-15/h11,13,20H,3-10H2,1-2H3/t11-,13-/m1/s1. The fourth-order valence-corrected chi connectivity index (χ4v) is 4.59. The van der Waals surface area contributed by atoms with Crippen molar-refractivity contribution in [2.24, 2.45) is 5.92 Å². The van der Waals surface area contributed by atoms with Gasteiger partial charge in [0.25, 0.3) is 0 Å². The summed E-state index contributed by atoms with van der Waals surface area (Å²) in [5.41, 5.74) is 1.24. The topological polar surface area (TPSA) is 56.7 Å². The molecule has 0 radical (unpaired) electrons. The first kappa shape index (κ1) is 15.9. The molecule has 3 rings (SSSR count). The van der Waals surface area contributed by atoms with Crippen molar-refractivity contribution < 1.29 is 9.90 Å². The van der Waals surface area contributed by atoms with Crippen LogP contribution in [-0.4, -0.2) is 59.1 Å². The van der Waals surface area contributed by atoms with Crippen molar-refractivity contribution in [2.45, 2.75) is 44.8 Å². The largest absolute Gasteiger partial charge is 0.392 e. The highest BCUT2D eigenvalue weighted by Crippen LogP contribution is 2.27. The van der Waals surface area contributed by atoms with Gasteiger partial charge in [0, 0.05) is 25.0 Å². The Hall–Kier alpha value is -0.980. The molecule has 1 saturated heterocycles. The third-order valence-corrected chi connectivity index (χ3v) is 5.88. The SMILES string of the molecule is CN1CC[C@@H](O)[C@H](C(=O)N(C)Cc2nc3c(s2)CCCC3)C1. The number of nitrogens with zero attached hydrogens (tertiary/aromatic N) is 3. The summed E-state index contributed by atoms with van der Waals surface area (Å²) in [7, 11) is 3.82. The van der Waals surface area contributed by atoms with Crippen LogP contribution in [0.15, 0.2) is 0 Å². The van der Waals surface area contributed by atoms with E-state index in [1.165, 1.54) is 23.4 Å². The lowest BCUT2D eigenvalue weighted by Crippen LogP contribution is -2.48. The fourth-order valence-electron chi connectivity index (χ4n) is 3.38. The van der Waals surface area contributed by atoms with Crippen molar-refractivity contribution in [3.63, 3.8) is 0 Å². The predicted octanol–water partition coefficient (Wildman–Crippen LogP) is 1.29. The van der Waals surface area contributed by atoms with E-state index in [9.17, 15) is 9.90 Å². The van der Waals surface area contributed by atoms with Crippen LogP contribution >= 0.6 is 11.3 Å². The van der Waals surface area contributed by atoms with Crippen molar-refractivity contribution in [3.05, 3.63) is 15.6 Å². The first-order chi connectivity index (χ1) is 10.5. The van der Waals surface area contributed by atoms with Crippen molar-refractivity contribution in [1.29, 1.82) is 0 Å². The monoisotopic (exact) mass is 323 g/mol. The Kier molecular flexibility index (Phi) is 4.80. The van der Waals surface area contributed by atoms with Crippen LogP contribution in [0, 0.1) is 5.92 Å². The van der Waals surface area contributed by atoms with Crippen molar-refractivity contribution in [3.8, 4) is 0 Å². The summed E-state index contributed by atoms with van der Waals surface area (Å²) < 4.78 is 0. The number of fused-ring (bicyclic) bond motifs is 1. The Labute approximate surface area is 135 Å².